The number of nitrogens with one attached hydrogen (secondary N) is 1. The summed E-state index contributed by atoms with van der Waals surface area (Å²) in [5.41, 5.74) is 2.42. The van der Waals surface area contributed by atoms with Gasteiger partial charge in [0, 0.05) is 16.9 Å². The number of thiophene rings is 1. The maximum absolute atomic E-state index is 10.9. The van der Waals surface area contributed by atoms with Crippen LogP contribution in [0.4, 0.5) is 5.69 Å². The van der Waals surface area contributed by atoms with Gasteiger partial charge in [0.05, 0.1) is 0 Å². The van der Waals surface area contributed by atoms with Gasteiger partial charge in [-0.3, -0.25) is 0 Å². The number of carboxylic acids is 1. The minimum Gasteiger partial charge on any atom is -0.477 e. The summed E-state index contributed by atoms with van der Waals surface area (Å²) >= 11 is 1.37. The molecule has 0 bridgehead atoms. The molecule has 0 saturated heterocycles. The lowest BCUT2D eigenvalue weighted by Gasteiger charge is -1.98. The molecule has 76 valence electrons. The molecule has 4 heteroatoms. The summed E-state index contributed by atoms with van der Waals surface area (Å²) in [6.45, 7) is 0.953. The standard InChI is InChI=1S/C11H9NO2S/c13-11(14)9-5-6-1-2-8-7(3-4-12-8)10(6)15-9/h1-2,5,12H,3-4H2,(H,13,14). The molecule has 0 amide bonds. The lowest BCUT2D eigenvalue weighted by atomic mass is 10.1. The van der Waals surface area contributed by atoms with E-state index in [1.54, 1.807) is 6.07 Å². The highest BCUT2D eigenvalue weighted by Crippen LogP contribution is 2.35. The Balaban J connectivity index is 2.31. The largest absolute Gasteiger partial charge is 0.477 e. The van der Waals surface area contributed by atoms with E-state index in [9.17, 15) is 4.79 Å². The second-order valence-electron chi connectivity index (χ2n) is 3.60. The molecule has 2 aromatic rings. The highest BCUT2D eigenvalue weighted by molar-refractivity contribution is 7.21. The van der Waals surface area contributed by atoms with Crippen molar-refractivity contribution in [1.82, 2.24) is 0 Å². The van der Waals surface area contributed by atoms with Crippen LogP contribution < -0.4 is 5.32 Å². The van der Waals surface area contributed by atoms with Crippen molar-refractivity contribution in [2.75, 3.05) is 11.9 Å². The van der Waals surface area contributed by atoms with Gasteiger partial charge < -0.3 is 10.4 Å². The Morgan fingerprint density at radius 3 is 3.13 bits per heavy atom. The minimum atomic E-state index is -0.837. The maximum atomic E-state index is 10.9. The number of rotatable bonds is 1. The summed E-state index contributed by atoms with van der Waals surface area (Å²) < 4.78 is 1.12. The fraction of sp³-hybridized carbons (Fsp3) is 0.182. The molecule has 15 heavy (non-hydrogen) atoms. The summed E-state index contributed by atoms with van der Waals surface area (Å²) in [6.07, 6.45) is 0.992. The van der Waals surface area contributed by atoms with Crippen LogP contribution in [0.3, 0.4) is 0 Å². The normalized spacial score (nSPS) is 13.9. The van der Waals surface area contributed by atoms with Crippen molar-refractivity contribution in [2.24, 2.45) is 0 Å². The quantitative estimate of drug-likeness (QED) is 0.775. The van der Waals surface area contributed by atoms with Gasteiger partial charge in [-0.15, -0.1) is 11.3 Å². The second kappa shape index (κ2) is 2.97. The third kappa shape index (κ3) is 1.22. The third-order valence-electron chi connectivity index (χ3n) is 2.69. The smallest absolute Gasteiger partial charge is 0.345 e. The van der Waals surface area contributed by atoms with Crippen LogP contribution >= 0.6 is 11.3 Å². The van der Waals surface area contributed by atoms with E-state index in [1.165, 1.54) is 16.9 Å². The van der Waals surface area contributed by atoms with Crippen molar-refractivity contribution in [3.8, 4) is 0 Å². The first-order valence-corrected chi connectivity index (χ1v) is 5.60. The first-order chi connectivity index (χ1) is 7.25. The van der Waals surface area contributed by atoms with Gasteiger partial charge in [0.2, 0.25) is 0 Å². The molecule has 1 aromatic carbocycles. The SMILES string of the molecule is O=C(O)c1cc2ccc3c(c2s1)CCN3. The van der Waals surface area contributed by atoms with Crippen LogP contribution in [0, 0.1) is 0 Å². The number of hydrogen-bond donors (Lipinski definition) is 2. The van der Waals surface area contributed by atoms with Crippen molar-refractivity contribution in [3.05, 3.63) is 28.6 Å². The molecule has 0 fully saturated rings. The van der Waals surface area contributed by atoms with Gasteiger partial charge in [-0.2, -0.15) is 0 Å². The first-order valence-electron chi connectivity index (χ1n) is 4.78. The molecule has 0 atom stereocenters. The number of benzene rings is 1. The van der Waals surface area contributed by atoms with Crippen LogP contribution in [0.15, 0.2) is 18.2 Å². The van der Waals surface area contributed by atoms with Gasteiger partial charge in [-0.1, -0.05) is 6.07 Å². The fourth-order valence-electron chi connectivity index (χ4n) is 2.00. The highest BCUT2D eigenvalue weighted by Gasteiger charge is 2.17. The Morgan fingerprint density at radius 2 is 2.33 bits per heavy atom. The minimum absolute atomic E-state index is 0.422. The van der Waals surface area contributed by atoms with Gasteiger partial charge in [-0.25, -0.2) is 4.79 Å². The van der Waals surface area contributed by atoms with E-state index in [0.717, 1.165) is 28.7 Å². The Bertz CT molecular complexity index is 559. The summed E-state index contributed by atoms with van der Waals surface area (Å²) in [5, 5.41) is 13.3. The molecule has 0 saturated carbocycles. The predicted octanol–water partition coefficient (Wildman–Crippen LogP) is 2.57. The Labute approximate surface area is 90.3 Å². The lowest BCUT2D eigenvalue weighted by Crippen LogP contribution is -1.90. The molecule has 3 rings (SSSR count). The van der Waals surface area contributed by atoms with Gasteiger partial charge in [0.15, 0.2) is 0 Å². The van der Waals surface area contributed by atoms with E-state index in [-0.39, 0.29) is 0 Å². The van der Waals surface area contributed by atoms with Crippen LogP contribution in [0.5, 0.6) is 0 Å². The van der Waals surface area contributed by atoms with Gasteiger partial charge in [0.25, 0.3) is 0 Å². The van der Waals surface area contributed by atoms with Crippen LogP contribution in [-0.2, 0) is 6.42 Å². The Kier molecular flexibility index (Phi) is 1.73. The summed E-state index contributed by atoms with van der Waals surface area (Å²) in [4.78, 5) is 11.3. The molecule has 2 heterocycles. The van der Waals surface area contributed by atoms with Crippen molar-refractivity contribution in [1.29, 1.82) is 0 Å². The summed E-state index contributed by atoms with van der Waals surface area (Å²) in [7, 11) is 0. The van der Waals surface area contributed by atoms with Crippen LogP contribution in [-0.4, -0.2) is 17.6 Å². The molecule has 0 aliphatic carbocycles. The monoisotopic (exact) mass is 219 g/mol. The molecular formula is C11H9NO2S. The van der Waals surface area contributed by atoms with Crippen molar-refractivity contribution in [3.63, 3.8) is 0 Å². The number of carbonyl (C=O) groups is 1. The van der Waals surface area contributed by atoms with Crippen LogP contribution in [0.2, 0.25) is 0 Å². The average molecular weight is 219 g/mol. The summed E-state index contributed by atoms with van der Waals surface area (Å²) in [5.74, 6) is -0.837. The van der Waals surface area contributed by atoms with Crippen molar-refractivity contribution >= 4 is 33.1 Å². The van der Waals surface area contributed by atoms with Gasteiger partial charge in [-0.05, 0) is 29.5 Å². The number of fused-ring (bicyclic) bond motifs is 3. The average Bonchev–Trinajstić information content (AvgIpc) is 2.82. The molecule has 1 aromatic heterocycles. The molecule has 0 spiro atoms. The molecule has 0 radical (unpaired) electrons. The molecule has 0 unspecified atom stereocenters. The Morgan fingerprint density at radius 1 is 1.47 bits per heavy atom. The lowest BCUT2D eigenvalue weighted by molar-refractivity contribution is 0.0702. The van der Waals surface area contributed by atoms with Gasteiger partial charge in [0.1, 0.15) is 4.88 Å². The van der Waals surface area contributed by atoms with E-state index in [0.29, 0.717) is 4.88 Å². The van der Waals surface area contributed by atoms with Crippen molar-refractivity contribution in [2.45, 2.75) is 6.42 Å². The fourth-order valence-corrected chi connectivity index (χ4v) is 3.08. The molecule has 1 aliphatic heterocycles. The highest BCUT2D eigenvalue weighted by atomic mass is 32.1. The number of anilines is 1. The van der Waals surface area contributed by atoms with Crippen LogP contribution in [0.1, 0.15) is 15.2 Å². The topological polar surface area (TPSA) is 49.3 Å². The Hall–Kier alpha value is -1.55. The molecule has 3 nitrogen and oxygen atoms in total. The molecule has 2 N–H and O–H groups in total. The zero-order chi connectivity index (χ0) is 10.4. The van der Waals surface area contributed by atoms with E-state index in [4.69, 9.17) is 5.11 Å². The van der Waals surface area contributed by atoms with E-state index >= 15 is 0 Å². The van der Waals surface area contributed by atoms with E-state index in [1.807, 2.05) is 12.1 Å². The molecular weight excluding hydrogens is 210 g/mol. The zero-order valence-electron chi connectivity index (χ0n) is 7.91. The van der Waals surface area contributed by atoms with E-state index < -0.39 is 5.97 Å². The zero-order valence-corrected chi connectivity index (χ0v) is 8.73. The summed E-state index contributed by atoms with van der Waals surface area (Å²) in [6, 6.07) is 5.76. The number of hydrogen-bond acceptors (Lipinski definition) is 3. The number of carboxylic acid groups (broad SMARTS) is 1. The first kappa shape index (κ1) is 8.73. The van der Waals surface area contributed by atoms with Crippen molar-refractivity contribution < 1.29 is 9.90 Å². The predicted molar refractivity (Wildman–Crippen MR) is 61.0 cm³/mol. The number of aromatic carboxylic acids is 1. The van der Waals surface area contributed by atoms with E-state index in [2.05, 4.69) is 5.32 Å². The molecule has 1 aliphatic rings. The van der Waals surface area contributed by atoms with Crippen LogP contribution in [0.25, 0.3) is 10.1 Å². The second-order valence-corrected chi connectivity index (χ2v) is 4.65. The van der Waals surface area contributed by atoms with Gasteiger partial charge >= 0.3 is 5.97 Å². The maximum Gasteiger partial charge on any atom is 0.345 e. The third-order valence-corrected chi connectivity index (χ3v) is 3.89.